The van der Waals surface area contributed by atoms with Gasteiger partial charge >= 0.3 is 10.2 Å². The zero-order valence-electron chi connectivity index (χ0n) is 11.5. The quantitative estimate of drug-likeness (QED) is 0.802. The van der Waals surface area contributed by atoms with Crippen molar-refractivity contribution < 1.29 is 13.2 Å². The Balaban J connectivity index is 2.25. The van der Waals surface area contributed by atoms with Crippen LogP contribution in [0.4, 0.5) is 0 Å². The Kier molecular flexibility index (Phi) is 3.58. The monoisotopic (exact) mass is 295 g/mol. The van der Waals surface area contributed by atoms with Crippen LogP contribution >= 0.6 is 0 Å². The fourth-order valence-corrected chi connectivity index (χ4v) is 3.08. The van der Waals surface area contributed by atoms with Crippen LogP contribution in [0.5, 0.6) is 0 Å². The van der Waals surface area contributed by atoms with Gasteiger partial charge in [0.1, 0.15) is 0 Å². The first-order chi connectivity index (χ1) is 9.18. The van der Waals surface area contributed by atoms with E-state index in [1.54, 1.807) is 32.9 Å². The molecule has 20 heavy (non-hydrogen) atoms. The highest BCUT2D eigenvalue weighted by Crippen LogP contribution is 2.17. The lowest BCUT2D eigenvalue weighted by Gasteiger charge is -2.20. The van der Waals surface area contributed by atoms with Crippen LogP contribution < -0.4 is 9.44 Å². The number of hydrogen-bond acceptors (Lipinski definition) is 3. The molecule has 1 amide bonds. The summed E-state index contributed by atoms with van der Waals surface area (Å²) in [6.45, 7) is 5.09. The van der Waals surface area contributed by atoms with Crippen molar-refractivity contribution in [1.82, 2.24) is 14.4 Å². The van der Waals surface area contributed by atoms with Crippen molar-refractivity contribution in [2.24, 2.45) is 0 Å². The number of hydrogen-bond donors (Lipinski definition) is 3. The minimum atomic E-state index is -3.90. The Bertz CT molecular complexity index is 742. The summed E-state index contributed by atoms with van der Waals surface area (Å²) in [5.41, 5.74) is 0.408. The second-order valence-electron chi connectivity index (χ2n) is 5.53. The number of amides is 1. The Morgan fingerprint density at radius 1 is 1.20 bits per heavy atom. The average Bonchev–Trinajstić information content (AvgIpc) is 2.68. The summed E-state index contributed by atoms with van der Waals surface area (Å²) < 4.78 is 28.0. The largest absolute Gasteiger partial charge is 0.360 e. The molecule has 108 valence electrons. The molecule has 0 saturated carbocycles. The number of nitrogens with one attached hydrogen (secondary N) is 3. The van der Waals surface area contributed by atoms with Crippen molar-refractivity contribution in [3.05, 3.63) is 36.0 Å². The highest BCUT2D eigenvalue weighted by atomic mass is 32.2. The van der Waals surface area contributed by atoms with Crippen LogP contribution in [-0.2, 0) is 10.2 Å². The average molecular weight is 295 g/mol. The van der Waals surface area contributed by atoms with Crippen LogP contribution in [0.15, 0.2) is 30.5 Å². The van der Waals surface area contributed by atoms with Crippen LogP contribution in [0.3, 0.4) is 0 Å². The van der Waals surface area contributed by atoms with E-state index in [-0.39, 0.29) is 0 Å². The fourth-order valence-electron chi connectivity index (χ4n) is 1.87. The molecule has 1 heterocycles. The Morgan fingerprint density at radius 3 is 2.50 bits per heavy atom. The normalized spacial score (nSPS) is 12.6. The summed E-state index contributed by atoms with van der Waals surface area (Å²) >= 11 is 0. The molecule has 7 heteroatoms. The van der Waals surface area contributed by atoms with E-state index < -0.39 is 21.7 Å². The number of H-pyrrole nitrogens is 1. The van der Waals surface area contributed by atoms with E-state index in [0.29, 0.717) is 10.9 Å². The minimum absolute atomic E-state index is 0.292. The van der Waals surface area contributed by atoms with E-state index >= 15 is 0 Å². The molecule has 2 rings (SSSR count). The van der Waals surface area contributed by atoms with Crippen LogP contribution in [0, 0.1) is 0 Å². The molecular weight excluding hydrogens is 278 g/mol. The van der Waals surface area contributed by atoms with Gasteiger partial charge in [-0.05, 0) is 26.8 Å². The van der Waals surface area contributed by atoms with Gasteiger partial charge in [0.05, 0.1) is 5.56 Å². The molecule has 2 aromatic rings. The Labute approximate surface area is 117 Å². The lowest BCUT2D eigenvalue weighted by Crippen LogP contribution is -2.48. The van der Waals surface area contributed by atoms with Crippen molar-refractivity contribution >= 4 is 27.0 Å². The summed E-state index contributed by atoms with van der Waals surface area (Å²) in [6, 6.07) is 7.19. The van der Waals surface area contributed by atoms with Crippen molar-refractivity contribution in [3.63, 3.8) is 0 Å². The van der Waals surface area contributed by atoms with E-state index in [4.69, 9.17) is 0 Å². The molecule has 0 radical (unpaired) electrons. The molecule has 0 spiro atoms. The number of carbonyl (C=O) groups is 1. The molecule has 0 saturated heterocycles. The van der Waals surface area contributed by atoms with Crippen LogP contribution in [0.1, 0.15) is 31.1 Å². The molecule has 0 aliphatic carbocycles. The molecule has 0 fully saturated rings. The molecular formula is C13H17N3O3S. The van der Waals surface area contributed by atoms with Gasteiger partial charge in [0, 0.05) is 22.6 Å². The SMILES string of the molecule is CC(C)(C)NS(=O)(=O)NC(=O)c1c[nH]c2ccccc12. The van der Waals surface area contributed by atoms with Gasteiger partial charge in [0.15, 0.2) is 0 Å². The molecule has 1 aromatic carbocycles. The third-order valence-electron chi connectivity index (χ3n) is 2.50. The molecule has 0 aliphatic heterocycles. The van der Waals surface area contributed by atoms with Crippen LogP contribution in [-0.4, -0.2) is 24.8 Å². The third-order valence-corrected chi connectivity index (χ3v) is 3.84. The topological polar surface area (TPSA) is 91.1 Å². The summed E-state index contributed by atoms with van der Waals surface area (Å²) in [7, 11) is -3.90. The predicted octanol–water partition coefficient (Wildman–Crippen LogP) is 1.53. The molecule has 0 atom stereocenters. The van der Waals surface area contributed by atoms with Gasteiger partial charge in [0.25, 0.3) is 5.91 Å². The maximum atomic E-state index is 12.1. The third kappa shape index (κ3) is 3.37. The zero-order valence-corrected chi connectivity index (χ0v) is 12.3. The summed E-state index contributed by atoms with van der Waals surface area (Å²) in [5.74, 6) is -0.667. The van der Waals surface area contributed by atoms with Crippen molar-refractivity contribution in [2.75, 3.05) is 0 Å². The molecule has 0 aliphatic rings. The van der Waals surface area contributed by atoms with Crippen molar-refractivity contribution in [2.45, 2.75) is 26.3 Å². The van der Waals surface area contributed by atoms with Gasteiger partial charge in [-0.1, -0.05) is 18.2 Å². The minimum Gasteiger partial charge on any atom is -0.360 e. The van der Waals surface area contributed by atoms with Crippen molar-refractivity contribution in [3.8, 4) is 0 Å². The summed E-state index contributed by atoms with van der Waals surface area (Å²) in [5, 5.41) is 0.677. The Morgan fingerprint density at radius 2 is 1.85 bits per heavy atom. The van der Waals surface area contributed by atoms with Crippen LogP contribution in [0.25, 0.3) is 10.9 Å². The summed E-state index contributed by atoms with van der Waals surface area (Å²) in [6.07, 6.45) is 1.49. The van der Waals surface area contributed by atoms with Gasteiger partial charge in [-0.2, -0.15) is 13.1 Å². The van der Waals surface area contributed by atoms with Gasteiger partial charge in [-0.25, -0.2) is 4.72 Å². The number of aromatic amines is 1. The predicted molar refractivity (Wildman–Crippen MR) is 77.6 cm³/mol. The van der Waals surface area contributed by atoms with E-state index in [9.17, 15) is 13.2 Å². The zero-order chi connectivity index (χ0) is 15.0. The number of rotatable bonds is 3. The lowest BCUT2D eigenvalue weighted by atomic mass is 10.1. The van der Waals surface area contributed by atoms with Gasteiger partial charge in [-0.3, -0.25) is 4.79 Å². The fraction of sp³-hybridized carbons (Fsp3) is 0.308. The first kappa shape index (κ1) is 14.5. The molecule has 0 bridgehead atoms. The van der Waals surface area contributed by atoms with E-state index in [0.717, 1.165) is 5.52 Å². The van der Waals surface area contributed by atoms with Gasteiger partial charge in [0.2, 0.25) is 0 Å². The number of benzene rings is 1. The van der Waals surface area contributed by atoms with Gasteiger partial charge in [-0.15, -0.1) is 0 Å². The number of aromatic nitrogens is 1. The molecule has 0 unspecified atom stereocenters. The number of carbonyl (C=O) groups excluding carboxylic acids is 1. The Hall–Kier alpha value is -1.86. The molecule has 1 aromatic heterocycles. The standard InChI is InChI=1S/C13H17N3O3S/c1-13(2,3)16-20(18,19)15-12(17)10-8-14-11-7-5-4-6-9(10)11/h4-8,14,16H,1-3H3,(H,15,17). The smallest absolute Gasteiger partial charge is 0.302 e. The van der Waals surface area contributed by atoms with Gasteiger partial charge < -0.3 is 4.98 Å². The first-order valence-electron chi connectivity index (χ1n) is 6.10. The second kappa shape index (κ2) is 4.92. The first-order valence-corrected chi connectivity index (χ1v) is 7.58. The number of para-hydroxylation sites is 1. The highest BCUT2D eigenvalue weighted by molar-refractivity contribution is 7.88. The van der Waals surface area contributed by atoms with Crippen molar-refractivity contribution in [1.29, 1.82) is 0 Å². The maximum Gasteiger partial charge on any atom is 0.302 e. The molecule has 6 nitrogen and oxygen atoms in total. The lowest BCUT2D eigenvalue weighted by molar-refractivity contribution is 0.0982. The van der Waals surface area contributed by atoms with E-state index in [1.807, 2.05) is 16.9 Å². The summed E-state index contributed by atoms with van der Waals surface area (Å²) in [4.78, 5) is 15.0. The second-order valence-corrected chi connectivity index (χ2v) is 6.95. The number of fused-ring (bicyclic) bond motifs is 1. The highest BCUT2D eigenvalue weighted by Gasteiger charge is 2.23. The maximum absolute atomic E-state index is 12.1. The van der Waals surface area contributed by atoms with E-state index in [2.05, 4.69) is 9.71 Å². The van der Waals surface area contributed by atoms with Crippen LogP contribution in [0.2, 0.25) is 0 Å². The van der Waals surface area contributed by atoms with E-state index in [1.165, 1.54) is 6.20 Å². The molecule has 3 N–H and O–H groups in total.